The summed E-state index contributed by atoms with van der Waals surface area (Å²) in [5.41, 5.74) is 0.952. The third-order valence-corrected chi connectivity index (χ3v) is 2.79. The molecule has 0 unspecified atom stereocenters. The molecule has 19 heavy (non-hydrogen) atoms. The Morgan fingerprint density at radius 3 is 3.00 bits per heavy atom. The van der Waals surface area contributed by atoms with E-state index < -0.39 is 5.97 Å². The highest BCUT2D eigenvalue weighted by atomic mass is 32.2. The topological polar surface area (TPSA) is 56.8 Å². The van der Waals surface area contributed by atoms with Gasteiger partial charge in [-0.25, -0.2) is 14.6 Å². The van der Waals surface area contributed by atoms with Crippen LogP contribution in [0.25, 0.3) is 0 Å². The Kier molecular flexibility index (Phi) is 7.72. The molecule has 0 aliphatic rings. The predicted octanol–water partition coefficient (Wildman–Crippen LogP) is 2.46. The number of esters is 1. The van der Waals surface area contributed by atoms with E-state index in [0.717, 1.165) is 11.8 Å². The minimum absolute atomic E-state index is 0.132. The molecule has 0 bridgehead atoms. The summed E-state index contributed by atoms with van der Waals surface area (Å²) in [6.45, 7) is 3.80. The molecule has 0 saturated carbocycles. The molecule has 0 aromatic heterocycles. The van der Waals surface area contributed by atoms with E-state index >= 15 is 0 Å². The summed E-state index contributed by atoms with van der Waals surface area (Å²) in [5, 5.41) is 3.05. The van der Waals surface area contributed by atoms with Crippen molar-refractivity contribution in [3.8, 4) is 0 Å². The highest BCUT2D eigenvalue weighted by Crippen LogP contribution is 2.18. The molecule has 1 aromatic carbocycles. The number of carbonyl (C=O) groups is 1. The van der Waals surface area contributed by atoms with Crippen molar-refractivity contribution >= 4 is 23.4 Å². The Hall–Kier alpha value is -1.50. The first-order valence-electron chi connectivity index (χ1n) is 5.68. The highest BCUT2D eigenvalue weighted by molar-refractivity contribution is 7.98. The van der Waals surface area contributed by atoms with Gasteiger partial charge in [-0.1, -0.05) is 12.6 Å². The Morgan fingerprint density at radius 1 is 1.42 bits per heavy atom. The molecular formula is C13H17NO4S. The van der Waals surface area contributed by atoms with Crippen molar-refractivity contribution in [2.24, 2.45) is 0 Å². The van der Waals surface area contributed by atoms with E-state index in [2.05, 4.69) is 11.9 Å². The number of hydrogen-bond acceptors (Lipinski definition) is 6. The van der Waals surface area contributed by atoms with E-state index in [4.69, 9.17) is 14.5 Å². The van der Waals surface area contributed by atoms with Crippen molar-refractivity contribution in [3.63, 3.8) is 0 Å². The molecule has 1 aromatic rings. The summed E-state index contributed by atoms with van der Waals surface area (Å²) >= 11 is 1.67. The van der Waals surface area contributed by atoms with Gasteiger partial charge >= 0.3 is 5.97 Å². The molecule has 0 saturated heterocycles. The second kappa shape index (κ2) is 9.43. The highest BCUT2D eigenvalue weighted by Gasteiger charge is 1.96. The van der Waals surface area contributed by atoms with Gasteiger partial charge in [0.1, 0.15) is 13.2 Å². The summed E-state index contributed by atoms with van der Waals surface area (Å²) in [6.07, 6.45) is 3.12. The summed E-state index contributed by atoms with van der Waals surface area (Å²) in [6, 6.07) is 7.94. The Balaban J connectivity index is 2.07. The molecule has 0 heterocycles. The van der Waals surface area contributed by atoms with Gasteiger partial charge in [0.2, 0.25) is 0 Å². The van der Waals surface area contributed by atoms with Gasteiger partial charge < -0.3 is 10.1 Å². The monoisotopic (exact) mass is 283 g/mol. The van der Waals surface area contributed by atoms with Gasteiger partial charge in [0.05, 0.1) is 0 Å². The zero-order chi connectivity index (χ0) is 13.9. The molecule has 6 heteroatoms. The normalized spacial score (nSPS) is 9.95. The van der Waals surface area contributed by atoms with Crippen LogP contribution in [0.3, 0.4) is 0 Å². The molecule has 0 radical (unpaired) electrons. The largest absolute Gasteiger partial charge is 0.460 e. The van der Waals surface area contributed by atoms with Crippen LogP contribution in [-0.4, -0.2) is 32.2 Å². The molecule has 0 fully saturated rings. The van der Waals surface area contributed by atoms with Crippen molar-refractivity contribution in [1.29, 1.82) is 0 Å². The van der Waals surface area contributed by atoms with E-state index in [9.17, 15) is 4.79 Å². The van der Waals surface area contributed by atoms with Crippen LogP contribution in [0.15, 0.2) is 41.8 Å². The van der Waals surface area contributed by atoms with Crippen molar-refractivity contribution in [2.75, 3.05) is 31.5 Å². The van der Waals surface area contributed by atoms with Crippen LogP contribution in [0, 0.1) is 0 Å². The number of nitrogens with one attached hydrogen (secondary N) is 1. The fourth-order valence-corrected chi connectivity index (χ4v) is 1.64. The molecule has 1 N–H and O–H groups in total. The van der Waals surface area contributed by atoms with Gasteiger partial charge in [-0.15, -0.1) is 11.8 Å². The lowest BCUT2D eigenvalue weighted by molar-refractivity contribution is -0.293. The van der Waals surface area contributed by atoms with Crippen LogP contribution in [0.5, 0.6) is 0 Å². The smallest absolute Gasteiger partial charge is 0.330 e. The summed E-state index contributed by atoms with van der Waals surface area (Å²) in [7, 11) is 0. The van der Waals surface area contributed by atoms with Gasteiger partial charge in [0, 0.05) is 16.7 Å². The van der Waals surface area contributed by atoms with E-state index in [1.165, 1.54) is 4.90 Å². The predicted molar refractivity (Wildman–Crippen MR) is 74.9 cm³/mol. The van der Waals surface area contributed by atoms with Crippen LogP contribution in [-0.2, 0) is 19.3 Å². The molecule has 0 aliphatic carbocycles. The first-order valence-corrected chi connectivity index (χ1v) is 6.90. The minimum Gasteiger partial charge on any atom is -0.460 e. The fourth-order valence-electron chi connectivity index (χ4n) is 1.18. The molecular weight excluding hydrogens is 266 g/mol. The number of ether oxygens (including phenoxy) is 1. The maximum atomic E-state index is 10.7. The molecule has 0 aliphatic heterocycles. The van der Waals surface area contributed by atoms with E-state index in [1.807, 2.05) is 30.5 Å². The maximum Gasteiger partial charge on any atom is 0.330 e. The Bertz CT molecular complexity index is 411. The number of benzene rings is 1. The SMILES string of the molecule is C=CC(=O)OCCOOCNc1cccc(SC)c1. The van der Waals surface area contributed by atoms with E-state index in [1.54, 1.807) is 11.8 Å². The van der Waals surface area contributed by atoms with Crippen LogP contribution >= 0.6 is 11.8 Å². The lowest BCUT2D eigenvalue weighted by Crippen LogP contribution is -2.12. The number of carbonyl (C=O) groups excluding carboxylic acids is 1. The van der Waals surface area contributed by atoms with E-state index in [0.29, 0.717) is 0 Å². The van der Waals surface area contributed by atoms with Crippen molar-refractivity contribution in [3.05, 3.63) is 36.9 Å². The fraction of sp³-hybridized carbons (Fsp3) is 0.308. The average molecular weight is 283 g/mol. The number of anilines is 1. The van der Waals surface area contributed by atoms with Gasteiger partial charge in [-0.05, 0) is 24.5 Å². The molecule has 5 nitrogen and oxygen atoms in total. The number of thioether (sulfide) groups is 1. The summed E-state index contributed by atoms with van der Waals surface area (Å²) in [5.74, 6) is -0.476. The molecule has 1 rings (SSSR count). The summed E-state index contributed by atoms with van der Waals surface area (Å²) < 4.78 is 4.70. The standard InChI is InChI=1S/C13H17NO4S/c1-3-13(15)16-7-8-17-18-10-14-11-5-4-6-12(9-11)19-2/h3-6,9,14H,1,7-8,10H2,2H3. The van der Waals surface area contributed by atoms with Gasteiger partial charge in [-0.2, -0.15) is 0 Å². The van der Waals surface area contributed by atoms with Gasteiger partial charge in [0.25, 0.3) is 0 Å². The van der Waals surface area contributed by atoms with Crippen LogP contribution < -0.4 is 5.32 Å². The molecule has 104 valence electrons. The second-order valence-electron chi connectivity index (χ2n) is 3.36. The van der Waals surface area contributed by atoms with Crippen molar-refractivity contribution in [1.82, 2.24) is 0 Å². The third kappa shape index (κ3) is 6.85. The molecule has 0 spiro atoms. The summed E-state index contributed by atoms with van der Waals surface area (Å²) in [4.78, 5) is 21.6. The quantitative estimate of drug-likeness (QED) is 0.143. The Labute approximate surface area is 116 Å². The third-order valence-electron chi connectivity index (χ3n) is 2.07. The lowest BCUT2D eigenvalue weighted by atomic mass is 10.3. The average Bonchev–Trinajstić information content (AvgIpc) is 2.46. The van der Waals surface area contributed by atoms with Crippen molar-refractivity contribution in [2.45, 2.75) is 4.90 Å². The zero-order valence-electron chi connectivity index (χ0n) is 10.8. The van der Waals surface area contributed by atoms with E-state index in [-0.39, 0.29) is 19.9 Å². The van der Waals surface area contributed by atoms with Crippen LogP contribution in [0.4, 0.5) is 5.69 Å². The van der Waals surface area contributed by atoms with Crippen LogP contribution in [0.2, 0.25) is 0 Å². The Morgan fingerprint density at radius 2 is 2.26 bits per heavy atom. The minimum atomic E-state index is -0.476. The number of hydrogen-bond donors (Lipinski definition) is 1. The molecule has 0 atom stereocenters. The van der Waals surface area contributed by atoms with Crippen molar-refractivity contribution < 1.29 is 19.3 Å². The lowest BCUT2D eigenvalue weighted by Gasteiger charge is -2.08. The number of rotatable bonds is 9. The van der Waals surface area contributed by atoms with Gasteiger partial charge in [-0.3, -0.25) is 0 Å². The molecule has 0 amide bonds. The maximum absolute atomic E-state index is 10.7. The van der Waals surface area contributed by atoms with Crippen LogP contribution in [0.1, 0.15) is 0 Å². The first-order chi connectivity index (χ1) is 9.26. The second-order valence-corrected chi connectivity index (χ2v) is 4.24. The first kappa shape index (κ1) is 15.6. The zero-order valence-corrected chi connectivity index (χ0v) is 11.6. The van der Waals surface area contributed by atoms with Gasteiger partial charge in [0.15, 0.2) is 6.73 Å².